The Kier molecular flexibility index (Phi) is 6.15. The average Bonchev–Trinajstić information content (AvgIpc) is 3.01. The minimum Gasteiger partial charge on any atom is -0.497 e. The molecular weight excluding hydrogens is 442 g/mol. The van der Waals surface area contributed by atoms with Gasteiger partial charge < -0.3 is 19.5 Å². The maximum atomic E-state index is 13.6. The number of hydrogen-bond donors (Lipinski definition) is 1. The van der Waals surface area contributed by atoms with Crippen molar-refractivity contribution in [1.82, 2.24) is 0 Å². The van der Waals surface area contributed by atoms with E-state index in [2.05, 4.69) is 0 Å². The Morgan fingerprint density at radius 1 is 1.06 bits per heavy atom. The third kappa shape index (κ3) is 4.08. The van der Waals surface area contributed by atoms with E-state index in [0.29, 0.717) is 27.8 Å². The van der Waals surface area contributed by atoms with E-state index in [4.69, 9.17) is 21.1 Å². The van der Waals surface area contributed by atoms with Crippen molar-refractivity contribution in [2.75, 3.05) is 19.1 Å². The first-order valence-electron chi connectivity index (χ1n) is 10.4. The third-order valence-electron chi connectivity index (χ3n) is 6.01. The van der Waals surface area contributed by atoms with Crippen molar-refractivity contribution in [3.8, 4) is 11.5 Å². The van der Waals surface area contributed by atoms with Crippen LogP contribution in [0.1, 0.15) is 33.5 Å². The van der Waals surface area contributed by atoms with Crippen molar-refractivity contribution in [2.45, 2.75) is 25.5 Å². The number of ether oxygens (including phenoxy) is 2. The lowest BCUT2D eigenvalue weighted by atomic mass is 9.88. The normalized spacial score (nSPS) is 17.1. The molecular formula is C26H24ClNO5. The van der Waals surface area contributed by atoms with Crippen LogP contribution in [0.3, 0.4) is 0 Å². The summed E-state index contributed by atoms with van der Waals surface area (Å²) in [5.41, 5.74) is 1.01. The molecule has 0 bridgehead atoms. The molecule has 0 saturated carbocycles. The Bertz CT molecular complexity index is 1240. The number of aliphatic hydroxyl groups is 1. The summed E-state index contributed by atoms with van der Waals surface area (Å²) in [4.78, 5) is 28.3. The number of halogens is 1. The summed E-state index contributed by atoms with van der Waals surface area (Å²) in [7, 11) is 2.96. The first-order chi connectivity index (χ1) is 15.8. The quantitative estimate of drug-likeness (QED) is 0.513. The van der Waals surface area contributed by atoms with Gasteiger partial charge in [0.2, 0.25) is 0 Å². The molecule has 1 aliphatic rings. The SMILES string of the molecule is COc1ccc(C(=O)C[C@@]2(O)C(=O)N(Cc3ccccc3C)c3ccc(Cl)cc32)c(OC)c1. The molecule has 0 unspecified atom stereocenters. The molecule has 7 heteroatoms. The predicted octanol–water partition coefficient (Wildman–Crippen LogP) is 4.67. The maximum absolute atomic E-state index is 13.6. The van der Waals surface area contributed by atoms with Crippen LogP contribution in [0.25, 0.3) is 0 Å². The average molecular weight is 466 g/mol. The van der Waals surface area contributed by atoms with E-state index in [9.17, 15) is 14.7 Å². The van der Waals surface area contributed by atoms with Crippen molar-refractivity contribution < 1.29 is 24.2 Å². The lowest BCUT2D eigenvalue weighted by Gasteiger charge is -2.23. The second-order valence-electron chi connectivity index (χ2n) is 8.01. The van der Waals surface area contributed by atoms with E-state index in [1.807, 2.05) is 31.2 Å². The molecule has 1 amide bonds. The Balaban J connectivity index is 1.72. The molecule has 1 aliphatic heterocycles. The summed E-state index contributed by atoms with van der Waals surface area (Å²) in [6.45, 7) is 2.23. The molecule has 0 fully saturated rings. The Hall–Kier alpha value is -3.35. The second kappa shape index (κ2) is 8.89. The number of aryl methyl sites for hydroxylation is 1. The van der Waals surface area contributed by atoms with Crippen LogP contribution >= 0.6 is 11.6 Å². The van der Waals surface area contributed by atoms with Gasteiger partial charge in [-0.1, -0.05) is 35.9 Å². The zero-order valence-electron chi connectivity index (χ0n) is 18.6. The molecule has 0 saturated heterocycles. The van der Waals surface area contributed by atoms with Crippen LogP contribution < -0.4 is 14.4 Å². The number of carbonyl (C=O) groups is 2. The van der Waals surface area contributed by atoms with E-state index in [1.54, 1.807) is 36.4 Å². The van der Waals surface area contributed by atoms with Gasteiger partial charge in [0.25, 0.3) is 5.91 Å². The maximum Gasteiger partial charge on any atom is 0.264 e. The van der Waals surface area contributed by atoms with Crippen molar-refractivity contribution in [3.05, 3.63) is 87.9 Å². The molecule has 170 valence electrons. The van der Waals surface area contributed by atoms with Crippen LogP contribution in [0.5, 0.6) is 11.5 Å². The summed E-state index contributed by atoms with van der Waals surface area (Å²) in [6.07, 6.45) is -0.452. The monoisotopic (exact) mass is 465 g/mol. The fraction of sp³-hybridized carbons (Fsp3) is 0.231. The minimum atomic E-state index is -2.05. The van der Waals surface area contributed by atoms with Crippen LogP contribution in [0, 0.1) is 6.92 Å². The molecule has 1 atom stereocenters. The third-order valence-corrected chi connectivity index (χ3v) is 6.24. The molecule has 0 radical (unpaired) electrons. The van der Waals surface area contributed by atoms with E-state index < -0.39 is 23.7 Å². The molecule has 0 aromatic heterocycles. The summed E-state index contributed by atoms with van der Waals surface area (Å²) >= 11 is 6.21. The van der Waals surface area contributed by atoms with E-state index in [-0.39, 0.29) is 12.1 Å². The van der Waals surface area contributed by atoms with Gasteiger partial charge in [-0.3, -0.25) is 9.59 Å². The highest BCUT2D eigenvalue weighted by Crippen LogP contribution is 2.45. The Morgan fingerprint density at radius 2 is 1.82 bits per heavy atom. The first-order valence-corrected chi connectivity index (χ1v) is 10.8. The number of fused-ring (bicyclic) bond motifs is 1. The lowest BCUT2D eigenvalue weighted by Crippen LogP contribution is -2.41. The number of rotatable bonds is 7. The number of hydrogen-bond acceptors (Lipinski definition) is 5. The smallest absolute Gasteiger partial charge is 0.264 e. The zero-order chi connectivity index (χ0) is 23.8. The van der Waals surface area contributed by atoms with Crippen molar-refractivity contribution in [1.29, 1.82) is 0 Å². The molecule has 3 aromatic carbocycles. The van der Waals surface area contributed by atoms with E-state index >= 15 is 0 Å². The number of Topliss-reactive ketones (excluding diaryl/α,β-unsaturated/α-hetero) is 1. The number of methoxy groups -OCH3 is 2. The Morgan fingerprint density at radius 3 is 2.52 bits per heavy atom. The fourth-order valence-electron chi connectivity index (χ4n) is 4.16. The second-order valence-corrected chi connectivity index (χ2v) is 8.44. The number of benzene rings is 3. The van der Waals surface area contributed by atoms with Crippen molar-refractivity contribution in [2.24, 2.45) is 0 Å². The van der Waals surface area contributed by atoms with Crippen LogP contribution in [-0.2, 0) is 16.9 Å². The molecule has 0 aliphatic carbocycles. The molecule has 1 N–H and O–H groups in total. The molecule has 4 rings (SSSR count). The van der Waals surface area contributed by atoms with Crippen LogP contribution in [0.15, 0.2) is 60.7 Å². The van der Waals surface area contributed by atoms with Gasteiger partial charge >= 0.3 is 0 Å². The highest BCUT2D eigenvalue weighted by atomic mass is 35.5. The van der Waals surface area contributed by atoms with Gasteiger partial charge in [-0.05, 0) is 48.4 Å². The van der Waals surface area contributed by atoms with Crippen LogP contribution in [0.4, 0.5) is 5.69 Å². The summed E-state index contributed by atoms with van der Waals surface area (Å²) in [5, 5.41) is 12.0. The largest absolute Gasteiger partial charge is 0.497 e. The van der Waals surface area contributed by atoms with Crippen molar-refractivity contribution in [3.63, 3.8) is 0 Å². The number of anilines is 1. The molecule has 33 heavy (non-hydrogen) atoms. The number of ketones is 1. The standard InChI is InChI=1S/C26H24ClNO5/c1-16-6-4-5-7-17(16)15-28-22-11-8-18(27)12-21(22)26(31,25(28)30)14-23(29)20-10-9-19(32-2)13-24(20)33-3/h4-13,31H,14-15H2,1-3H3/t26-/m0/s1. The van der Waals surface area contributed by atoms with Gasteiger partial charge in [-0.15, -0.1) is 0 Å². The van der Waals surface area contributed by atoms with Gasteiger partial charge in [0, 0.05) is 16.7 Å². The zero-order valence-corrected chi connectivity index (χ0v) is 19.3. The predicted molar refractivity (Wildman–Crippen MR) is 126 cm³/mol. The fourth-order valence-corrected chi connectivity index (χ4v) is 4.34. The first kappa shape index (κ1) is 22.8. The van der Waals surface area contributed by atoms with Crippen LogP contribution in [-0.4, -0.2) is 31.0 Å². The van der Waals surface area contributed by atoms with Gasteiger partial charge in [-0.2, -0.15) is 0 Å². The van der Waals surface area contributed by atoms with Crippen LogP contribution in [0.2, 0.25) is 5.02 Å². The molecule has 1 heterocycles. The highest BCUT2D eigenvalue weighted by molar-refractivity contribution is 6.31. The Labute approximate surface area is 197 Å². The number of nitrogens with zero attached hydrogens (tertiary/aromatic N) is 1. The summed E-state index contributed by atoms with van der Waals surface area (Å²) in [5.74, 6) is -0.171. The lowest BCUT2D eigenvalue weighted by molar-refractivity contribution is -0.136. The summed E-state index contributed by atoms with van der Waals surface area (Å²) < 4.78 is 10.5. The topological polar surface area (TPSA) is 76.1 Å². The number of amides is 1. The molecule has 3 aromatic rings. The van der Waals surface area contributed by atoms with Gasteiger partial charge in [-0.25, -0.2) is 0 Å². The highest BCUT2D eigenvalue weighted by Gasteiger charge is 2.51. The summed E-state index contributed by atoms with van der Waals surface area (Å²) in [6, 6.07) is 17.4. The van der Waals surface area contributed by atoms with E-state index in [0.717, 1.165) is 11.1 Å². The minimum absolute atomic E-state index is 0.250. The van der Waals surface area contributed by atoms with Gasteiger partial charge in [0.05, 0.1) is 38.4 Å². The van der Waals surface area contributed by atoms with Gasteiger partial charge in [0.15, 0.2) is 11.4 Å². The van der Waals surface area contributed by atoms with Crippen molar-refractivity contribution >= 4 is 29.0 Å². The molecule has 0 spiro atoms. The molecule has 6 nitrogen and oxygen atoms in total. The number of carbonyl (C=O) groups excluding carboxylic acids is 2. The van der Waals surface area contributed by atoms with E-state index in [1.165, 1.54) is 19.1 Å². The van der Waals surface area contributed by atoms with Gasteiger partial charge in [0.1, 0.15) is 11.5 Å².